The monoisotopic (exact) mass is 451 g/mol. The number of fused-ring (bicyclic) bond motifs is 2. The highest BCUT2D eigenvalue weighted by atomic mass is 16.5. The summed E-state index contributed by atoms with van der Waals surface area (Å²) < 4.78 is 5.82. The minimum absolute atomic E-state index is 0.0203. The molecule has 2 aromatic heterocycles. The Morgan fingerprint density at radius 1 is 1.12 bits per heavy atom. The van der Waals surface area contributed by atoms with Gasteiger partial charge in [-0.05, 0) is 37.2 Å². The van der Waals surface area contributed by atoms with Gasteiger partial charge in [-0.2, -0.15) is 0 Å². The van der Waals surface area contributed by atoms with Gasteiger partial charge < -0.3 is 20.6 Å². The number of anilines is 1. The number of aromatic nitrogens is 5. The van der Waals surface area contributed by atoms with E-state index in [-0.39, 0.29) is 40.1 Å². The lowest BCUT2D eigenvalue weighted by molar-refractivity contribution is -0.749. The summed E-state index contributed by atoms with van der Waals surface area (Å²) in [5.41, 5.74) is 1.16. The molecule has 33 heavy (non-hydrogen) atoms. The third kappa shape index (κ3) is 4.41. The molecule has 0 amide bonds. The Kier molecular flexibility index (Phi) is 6.36. The third-order valence-corrected chi connectivity index (χ3v) is 5.14. The van der Waals surface area contributed by atoms with Crippen molar-refractivity contribution in [3.05, 3.63) is 70.2 Å². The van der Waals surface area contributed by atoms with Gasteiger partial charge in [0.1, 0.15) is 12.0 Å². The van der Waals surface area contributed by atoms with Crippen molar-refractivity contribution in [2.45, 2.75) is 13.0 Å². The second kappa shape index (κ2) is 9.53. The fourth-order valence-corrected chi connectivity index (χ4v) is 3.50. The number of carbonyl (C=O) groups excluding carboxylic acids is 3. The highest BCUT2D eigenvalue weighted by Gasteiger charge is 2.40. The average molecular weight is 451 g/mol. The zero-order chi connectivity index (χ0) is 23.4. The van der Waals surface area contributed by atoms with E-state index in [0.29, 0.717) is 31.6 Å². The Balaban J connectivity index is 1.26. The number of nitrogens with zero attached hydrogens (tertiary/aromatic N) is 5. The Morgan fingerprint density at radius 2 is 1.91 bits per heavy atom. The Bertz CT molecular complexity index is 1210. The SMILES string of the molecule is COC(=O)c1ccc(NCCNCCCn2c3c(n[n+]2[O-])C(=O)c2cncnc2C3=O)cc1. The number of ketones is 2. The summed E-state index contributed by atoms with van der Waals surface area (Å²) in [4.78, 5) is 44.7. The molecule has 0 bridgehead atoms. The summed E-state index contributed by atoms with van der Waals surface area (Å²) in [6.45, 7) is 2.08. The fraction of sp³-hybridized carbons (Fsp3) is 0.286. The van der Waals surface area contributed by atoms with E-state index >= 15 is 0 Å². The van der Waals surface area contributed by atoms with Gasteiger partial charge in [0.2, 0.25) is 17.3 Å². The predicted molar refractivity (Wildman–Crippen MR) is 114 cm³/mol. The van der Waals surface area contributed by atoms with Crippen molar-refractivity contribution in [3.8, 4) is 0 Å². The standard InChI is InChI=1S/C21H21N7O5/c1-33-21(31)13-3-5-14(6-4-13)24-9-8-22-7-2-10-27-18-17(26-28(27)32)19(29)15-11-23-12-25-16(15)20(18)30/h3-6,11-12,22,24H,2,7-10H2,1H3. The van der Waals surface area contributed by atoms with Crippen LogP contribution in [-0.4, -0.2) is 64.0 Å². The number of esters is 1. The topological polar surface area (TPSA) is 155 Å². The molecule has 1 aromatic carbocycles. The number of carbonyl (C=O) groups is 3. The fourth-order valence-electron chi connectivity index (χ4n) is 3.50. The summed E-state index contributed by atoms with van der Waals surface area (Å²) in [5, 5.41) is 22.4. The van der Waals surface area contributed by atoms with Crippen molar-refractivity contribution in [3.63, 3.8) is 0 Å². The molecule has 170 valence electrons. The van der Waals surface area contributed by atoms with E-state index in [0.717, 1.165) is 10.4 Å². The predicted octanol–water partition coefficient (Wildman–Crippen LogP) is -0.0397. The molecule has 0 atom stereocenters. The Morgan fingerprint density at radius 3 is 2.67 bits per heavy atom. The summed E-state index contributed by atoms with van der Waals surface area (Å²) in [7, 11) is 1.34. The maximum Gasteiger partial charge on any atom is 0.337 e. The highest BCUT2D eigenvalue weighted by molar-refractivity contribution is 6.25. The molecule has 0 fully saturated rings. The molecule has 0 spiro atoms. The number of ether oxygens (including phenoxy) is 1. The Labute approximate surface area is 188 Å². The molecule has 0 saturated heterocycles. The average Bonchev–Trinajstić information content (AvgIpc) is 3.18. The lowest BCUT2D eigenvalue weighted by Gasteiger charge is -2.11. The van der Waals surface area contributed by atoms with Crippen LogP contribution in [-0.2, 0) is 11.3 Å². The van der Waals surface area contributed by atoms with Crippen LogP contribution in [0.2, 0.25) is 0 Å². The molecule has 0 aliphatic heterocycles. The second-order valence-corrected chi connectivity index (χ2v) is 7.22. The maximum atomic E-state index is 12.8. The molecule has 4 rings (SSSR count). The van der Waals surface area contributed by atoms with Crippen LogP contribution >= 0.6 is 0 Å². The van der Waals surface area contributed by atoms with Crippen molar-refractivity contribution in [1.29, 1.82) is 0 Å². The first-order valence-electron chi connectivity index (χ1n) is 10.2. The Hall–Kier alpha value is -4.19. The molecule has 0 unspecified atom stereocenters. The van der Waals surface area contributed by atoms with Gasteiger partial charge in [-0.1, -0.05) is 0 Å². The van der Waals surface area contributed by atoms with Crippen molar-refractivity contribution >= 4 is 23.2 Å². The van der Waals surface area contributed by atoms with Crippen LogP contribution in [0.1, 0.15) is 49.0 Å². The molecule has 3 aromatic rings. The van der Waals surface area contributed by atoms with Crippen LogP contribution in [0.3, 0.4) is 0 Å². The summed E-state index contributed by atoms with van der Waals surface area (Å²) in [6, 6.07) is 6.95. The van der Waals surface area contributed by atoms with E-state index < -0.39 is 11.6 Å². The lowest BCUT2D eigenvalue weighted by Crippen LogP contribution is -2.41. The molecule has 2 heterocycles. The molecular weight excluding hydrogens is 430 g/mol. The van der Waals surface area contributed by atoms with E-state index in [1.54, 1.807) is 24.3 Å². The number of hydrogen-bond acceptors (Lipinski definition) is 10. The van der Waals surface area contributed by atoms with Crippen molar-refractivity contribution in [2.24, 2.45) is 0 Å². The first-order chi connectivity index (χ1) is 16.0. The number of nitrogens with one attached hydrogen (secondary N) is 2. The lowest BCUT2D eigenvalue weighted by atomic mass is 9.95. The van der Waals surface area contributed by atoms with Gasteiger partial charge >= 0.3 is 5.97 Å². The molecule has 1 aliphatic rings. The first kappa shape index (κ1) is 22.0. The number of rotatable bonds is 9. The smallest absolute Gasteiger partial charge is 0.337 e. The molecule has 12 nitrogen and oxygen atoms in total. The van der Waals surface area contributed by atoms with Crippen LogP contribution in [0.15, 0.2) is 36.8 Å². The largest absolute Gasteiger partial charge is 0.571 e. The van der Waals surface area contributed by atoms with Crippen LogP contribution in [0.4, 0.5) is 5.69 Å². The van der Waals surface area contributed by atoms with Gasteiger partial charge in [-0.3, -0.25) is 9.59 Å². The van der Waals surface area contributed by atoms with Crippen molar-refractivity contribution in [1.82, 2.24) is 25.1 Å². The van der Waals surface area contributed by atoms with E-state index in [2.05, 4.69) is 30.4 Å². The zero-order valence-electron chi connectivity index (χ0n) is 17.8. The van der Waals surface area contributed by atoms with Crippen molar-refractivity contribution in [2.75, 3.05) is 32.1 Å². The summed E-state index contributed by atoms with van der Waals surface area (Å²) in [5.74, 6) is -1.43. The van der Waals surface area contributed by atoms with E-state index in [1.165, 1.54) is 19.6 Å². The van der Waals surface area contributed by atoms with E-state index in [4.69, 9.17) is 0 Å². The molecule has 12 heteroatoms. The molecule has 0 saturated carbocycles. The van der Waals surface area contributed by atoms with Crippen LogP contribution in [0.5, 0.6) is 0 Å². The quantitative estimate of drug-likeness (QED) is 0.153. The summed E-state index contributed by atoms with van der Waals surface area (Å²) in [6.07, 6.45) is 2.98. The second-order valence-electron chi connectivity index (χ2n) is 7.22. The van der Waals surface area contributed by atoms with E-state index in [9.17, 15) is 19.6 Å². The van der Waals surface area contributed by atoms with Gasteiger partial charge in [0, 0.05) is 35.0 Å². The molecular formula is C21H21N7O5. The van der Waals surface area contributed by atoms with Gasteiger partial charge in [0.05, 0.1) is 24.8 Å². The molecule has 1 aliphatic carbocycles. The van der Waals surface area contributed by atoms with Crippen LogP contribution in [0.25, 0.3) is 0 Å². The normalized spacial score (nSPS) is 12.3. The van der Waals surface area contributed by atoms with Gasteiger partial charge in [-0.15, -0.1) is 4.68 Å². The van der Waals surface area contributed by atoms with Gasteiger partial charge in [0.25, 0.3) is 0 Å². The van der Waals surface area contributed by atoms with E-state index in [1.807, 2.05) is 0 Å². The minimum Gasteiger partial charge on any atom is -0.571 e. The first-order valence-corrected chi connectivity index (χ1v) is 10.2. The van der Waals surface area contributed by atoms with Gasteiger partial charge in [-0.25, -0.2) is 14.8 Å². The van der Waals surface area contributed by atoms with Gasteiger partial charge in [0.15, 0.2) is 5.69 Å². The molecule has 2 N–H and O–H groups in total. The van der Waals surface area contributed by atoms with Crippen molar-refractivity contribution < 1.29 is 24.1 Å². The van der Waals surface area contributed by atoms with Crippen LogP contribution < -0.4 is 15.6 Å². The summed E-state index contributed by atoms with van der Waals surface area (Å²) >= 11 is 0. The molecule has 0 radical (unpaired) electrons. The highest BCUT2D eigenvalue weighted by Crippen LogP contribution is 2.23. The minimum atomic E-state index is -0.535. The zero-order valence-corrected chi connectivity index (χ0v) is 17.8. The maximum absolute atomic E-state index is 12.8. The number of hydrogen-bond donors (Lipinski definition) is 2. The number of benzene rings is 1. The third-order valence-electron chi connectivity index (χ3n) is 5.14. The van der Waals surface area contributed by atoms with Crippen LogP contribution in [0, 0.1) is 5.21 Å². The number of methoxy groups -OCH3 is 1.